The fourth-order valence-electron chi connectivity index (χ4n) is 3.09. The molecule has 1 atom stereocenters. The molecule has 1 saturated heterocycles. The Morgan fingerprint density at radius 1 is 1.11 bits per heavy atom. The number of anilines is 1. The highest BCUT2D eigenvalue weighted by Crippen LogP contribution is 2.35. The van der Waals surface area contributed by atoms with Crippen LogP contribution in [0, 0.1) is 5.82 Å². The van der Waals surface area contributed by atoms with Gasteiger partial charge in [0.1, 0.15) is 5.82 Å². The van der Waals surface area contributed by atoms with Gasteiger partial charge in [-0.3, -0.25) is 4.79 Å². The summed E-state index contributed by atoms with van der Waals surface area (Å²) in [6.07, 6.45) is -4.45. The van der Waals surface area contributed by atoms with Crippen LogP contribution in [0.15, 0.2) is 53.1 Å². The van der Waals surface area contributed by atoms with Crippen LogP contribution >= 0.6 is 0 Å². The monoisotopic (exact) mass is 391 g/mol. The van der Waals surface area contributed by atoms with E-state index in [0.29, 0.717) is 5.56 Å². The van der Waals surface area contributed by atoms with E-state index in [1.807, 2.05) is 0 Å². The highest BCUT2D eigenvalue weighted by atomic mass is 19.4. The van der Waals surface area contributed by atoms with Crippen molar-refractivity contribution in [1.29, 1.82) is 0 Å². The Bertz CT molecular complexity index is 1010. The van der Waals surface area contributed by atoms with Gasteiger partial charge in [0.25, 0.3) is 0 Å². The summed E-state index contributed by atoms with van der Waals surface area (Å²) in [6, 6.07) is 10.1. The van der Waals surface area contributed by atoms with Gasteiger partial charge < -0.3 is 9.42 Å². The summed E-state index contributed by atoms with van der Waals surface area (Å²) in [5.74, 6) is -0.706. The molecule has 4 rings (SSSR count). The lowest BCUT2D eigenvalue weighted by molar-refractivity contribution is -0.137. The van der Waals surface area contributed by atoms with Gasteiger partial charge in [-0.25, -0.2) is 4.39 Å². The van der Waals surface area contributed by atoms with Crippen LogP contribution in [0.4, 0.5) is 23.2 Å². The number of hydrogen-bond donors (Lipinski definition) is 0. The molecule has 28 heavy (non-hydrogen) atoms. The predicted molar refractivity (Wildman–Crippen MR) is 90.8 cm³/mol. The van der Waals surface area contributed by atoms with Crippen LogP contribution < -0.4 is 4.90 Å². The number of carbonyl (C=O) groups excluding carboxylic acids is 1. The maximum absolute atomic E-state index is 13.0. The molecule has 3 aromatic rings. The van der Waals surface area contributed by atoms with E-state index < -0.39 is 23.5 Å². The van der Waals surface area contributed by atoms with Crippen molar-refractivity contribution in [2.24, 2.45) is 0 Å². The van der Waals surface area contributed by atoms with Crippen LogP contribution in [0.2, 0.25) is 0 Å². The van der Waals surface area contributed by atoms with Gasteiger partial charge in [0.15, 0.2) is 0 Å². The van der Waals surface area contributed by atoms with Crippen LogP contribution in [0.3, 0.4) is 0 Å². The molecule has 0 radical (unpaired) electrons. The van der Waals surface area contributed by atoms with Gasteiger partial charge in [0.2, 0.25) is 17.6 Å². The van der Waals surface area contributed by atoms with Crippen LogP contribution in [0.25, 0.3) is 11.4 Å². The first-order valence-corrected chi connectivity index (χ1v) is 8.38. The molecule has 1 aromatic heterocycles. The number of hydrogen-bond acceptors (Lipinski definition) is 4. The minimum Gasteiger partial charge on any atom is -0.339 e. The van der Waals surface area contributed by atoms with E-state index in [1.165, 1.54) is 41.3 Å². The lowest BCUT2D eigenvalue weighted by Gasteiger charge is -2.17. The fourth-order valence-corrected chi connectivity index (χ4v) is 3.09. The third-order valence-electron chi connectivity index (χ3n) is 4.50. The maximum Gasteiger partial charge on any atom is 0.416 e. The topological polar surface area (TPSA) is 59.2 Å². The third-order valence-corrected chi connectivity index (χ3v) is 4.50. The van der Waals surface area contributed by atoms with Crippen molar-refractivity contribution in [1.82, 2.24) is 10.1 Å². The van der Waals surface area contributed by atoms with E-state index in [2.05, 4.69) is 10.1 Å². The Labute approximate surface area is 156 Å². The largest absolute Gasteiger partial charge is 0.416 e. The fraction of sp³-hybridized carbons (Fsp3) is 0.211. The summed E-state index contributed by atoms with van der Waals surface area (Å²) in [4.78, 5) is 17.9. The van der Waals surface area contributed by atoms with E-state index in [1.54, 1.807) is 0 Å². The molecule has 5 nitrogen and oxygen atoms in total. The van der Waals surface area contributed by atoms with Crippen LogP contribution in [-0.4, -0.2) is 22.6 Å². The van der Waals surface area contributed by atoms with E-state index in [4.69, 9.17) is 4.52 Å². The molecule has 0 saturated carbocycles. The van der Waals surface area contributed by atoms with Crippen molar-refractivity contribution >= 4 is 11.6 Å². The molecular weight excluding hydrogens is 378 g/mol. The van der Waals surface area contributed by atoms with Gasteiger partial charge in [-0.15, -0.1) is 0 Å². The summed E-state index contributed by atoms with van der Waals surface area (Å²) < 4.78 is 57.0. The quantitative estimate of drug-likeness (QED) is 0.621. The highest BCUT2D eigenvalue weighted by molar-refractivity contribution is 5.96. The predicted octanol–water partition coefficient (Wildman–Crippen LogP) is 4.42. The Hall–Kier alpha value is -3.23. The van der Waals surface area contributed by atoms with Crippen molar-refractivity contribution in [3.05, 3.63) is 65.8 Å². The summed E-state index contributed by atoms with van der Waals surface area (Å²) in [6.45, 7) is 0.130. The second-order valence-corrected chi connectivity index (χ2v) is 6.42. The van der Waals surface area contributed by atoms with Crippen molar-refractivity contribution in [2.45, 2.75) is 18.5 Å². The Morgan fingerprint density at radius 3 is 2.57 bits per heavy atom. The van der Waals surface area contributed by atoms with E-state index in [0.717, 1.165) is 12.1 Å². The van der Waals surface area contributed by atoms with Crippen LogP contribution in [0.5, 0.6) is 0 Å². The molecule has 2 heterocycles. The lowest BCUT2D eigenvalue weighted by atomic mass is 10.1. The third kappa shape index (κ3) is 3.47. The zero-order valence-electron chi connectivity index (χ0n) is 14.3. The first kappa shape index (κ1) is 18.1. The van der Waals surface area contributed by atoms with Gasteiger partial charge >= 0.3 is 6.18 Å². The number of amides is 1. The normalized spacial score (nSPS) is 17.4. The number of nitrogens with zero attached hydrogens (tertiary/aromatic N) is 3. The van der Waals surface area contributed by atoms with Gasteiger partial charge in [0.05, 0.1) is 11.5 Å². The molecule has 0 spiro atoms. The lowest BCUT2D eigenvalue weighted by Crippen LogP contribution is -2.24. The first-order chi connectivity index (χ1) is 13.3. The molecule has 0 bridgehead atoms. The number of carbonyl (C=O) groups is 1. The number of aromatic nitrogens is 2. The van der Waals surface area contributed by atoms with E-state index >= 15 is 0 Å². The molecule has 0 N–H and O–H groups in total. The maximum atomic E-state index is 13.0. The number of benzene rings is 2. The molecule has 1 aliphatic heterocycles. The van der Waals surface area contributed by atoms with E-state index in [-0.39, 0.29) is 36.3 Å². The highest BCUT2D eigenvalue weighted by Gasteiger charge is 2.37. The van der Waals surface area contributed by atoms with Gasteiger partial charge in [-0.2, -0.15) is 18.2 Å². The van der Waals surface area contributed by atoms with Crippen LogP contribution in [0.1, 0.15) is 23.8 Å². The molecule has 1 unspecified atom stereocenters. The number of alkyl halides is 3. The van der Waals surface area contributed by atoms with Crippen molar-refractivity contribution in [3.8, 4) is 11.4 Å². The van der Waals surface area contributed by atoms with Gasteiger partial charge in [-0.1, -0.05) is 11.2 Å². The minimum absolute atomic E-state index is 0.0430. The first-order valence-electron chi connectivity index (χ1n) is 8.38. The zero-order chi connectivity index (χ0) is 19.9. The van der Waals surface area contributed by atoms with Gasteiger partial charge in [0, 0.05) is 24.2 Å². The molecule has 9 heteroatoms. The molecule has 2 aromatic carbocycles. The average molecular weight is 391 g/mol. The number of halogens is 4. The molecule has 1 fully saturated rings. The summed E-state index contributed by atoms with van der Waals surface area (Å²) in [5, 5.41) is 3.84. The Kier molecular flexibility index (Phi) is 4.37. The van der Waals surface area contributed by atoms with Gasteiger partial charge in [-0.05, 0) is 42.5 Å². The zero-order valence-corrected chi connectivity index (χ0v) is 14.3. The molecular formula is C19H13F4N3O2. The SMILES string of the molecule is O=C1CC(c2nc(-c3ccc(F)cc3)no2)CN1c1cccc(C(F)(F)F)c1. The Balaban J connectivity index is 1.55. The Morgan fingerprint density at radius 2 is 1.86 bits per heavy atom. The smallest absolute Gasteiger partial charge is 0.339 e. The standard InChI is InChI=1S/C19H13F4N3O2/c20-14-6-4-11(5-7-14)17-24-18(28-25-17)12-8-16(27)26(10-12)15-3-1-2-13(9-15)19(21,22)23/h1-7,9,12H,8,10H2. The molecule has 1 aliphatic rings. The summed E-state index contributed by atoms with van der Waals surface area (Å²) in [5.41, 5.74) is -0.103. The second kappa shape index (κ2) is 6.74. The second-order valence-electron chi connectivity index (χ2n) is 6.42. The van der Waals surface area contributed by atoms with Crippen molar-refractivity contribution in [3.63, 3.8) is 0 Å². The van der Waals surface area contributed by atoms with E-state index in [9.17, 15) is 22.4 Å². The van der Waals surface area contributed by atoms with Crippen molar-refractivity contribution in [2.75, 3.05) is 11.4 Å². The molecule has 0 aliphatic carbocycles. The summed E-state index contributed by atoms with van der Waals surface area (Å²) >= 11 is 0. The minimum atomic E-state index is -4.49. The average Bonchev–Trinajstić information content (AvgIpc) is 3.29. The molecule has 144 valence electrons. The van der Waals surface area contributed by atoms with Crippen LogP contribution in [-0.2, 0) is 11.0 Å². The molecule has 1 amide bonds. The van der Waals surface area contributed by atoms with Crippen molar-refractivity contribution < 1.29 is 26.9 Å². The number of rotatable bonds is 3. The summed E-state index contributed by atoms with van der Waals surface area (Å²) in [7, 11) is 0.